The fraction of sp³-hybridized carbons (Fsp3) is 0.522. The molecule has 0 N–H and O–H groups in total. The molecule has 1 amide bonds. The molecule has 2 aliphatic rings. The maximum atomic E-state index is 13.5. The fourth-order valence-electron chi connectivity index (χ4n) is 4.47. The highest BCUT2D eigenvalue weighted by molar-refractivity contribution is 7.99. The lowest BCUT2D eigenvalue weighted by Gasteiger charge is -2.23. The zero-order chi connectivity index (χ0) is 21.5. The van der Waals surface area contributed by atoms with Gasteiger partial charge in [0.25, 0.3) is 5.56 Å². The molecule has 31 heavy (non-hydrogen) atoms. The number of hydrogen-bond donors (Lipinski definition) is 0. The van der Waals surface area contributed by atoms with E-state index in [1.165, 1.54) is 17.3 Å². The Balaban J connectivity index is 1.43. The number of aryl methyl sites for hydroxylation is 2. The molecule has 0 aliphatic heterocycles. The van der Waals surface area contributed by atoms with Crippen LogP contribution in [-0.2, 0) is 11.3 Å². The van der Waals surface area contributed by atoms with Crippen LogP contribution in [0.25, 0.3) is 10.2 Å². The van der Waals surface area contributed by atoms with Crippen LogP contribution in [-0.4, -0.2) is 32.2 Å². The van der Waals surface area contributed by atoms with Gasteiger partial charge >= 0.3 is 0 Å². The van der Waals surface area contributed by atoms with Crippen LogP contribution in [0.4, 0.5) is 0 Å². The minimum Gasteiger partial charge on any atom is -0.335 e. The van der Waals surface area contributed by atoms with Gasteiger partial charge in [-0.1, -0.05) is 24.6 Å². The zero-order valence-corrected chi connectivity index (χ0v) is 20.4. The summed E-state index contributed by atoms with van der Waals surface area (Å²) in [4.78, 5) is 35.5. The smallest absolute Gasteiger partial charge is 0.263 e. The first-order chi connectivity index (χ1) is 15.0. The summed E-state index contributed by atoms with van der Waals surface area (Å²) in [5.41, 5.74) is 2.32. The topological polar surface area (TPSA) is 55.2 Å². The molecule has 0 bridgehead atoms. The van der Waals surface area contributed by atoms with Crippen molar-refractivity contribution in [2.45, 2.75) is 76.2 Å². The van der Waals surface area contributed by atoms with E-state index in [-0.39, 0.29) is 17.5 Å². The number of fused-ring (bicyclic) bond motifs is 1. The van der Waals surface area contributed by atoms with Crippen LogP contribution in [0.1, 0.15) is 60.6 Å². The number of thiophene rings is 2. The highest BCUT2D eigenvalue weighted by Gasteiger charge is 2.33. The Bertz CT molecular complexity index is 1160. The predicted octanol–water partition coefficient (Wildman–Crippen LogP) is 5.53. The average Bonchev–Trinajstić information content (AvgIpc) is 3.13. The number of aromatic nitrogens is 2. The molecular weight excluding hydrogens is 446 g/mol. The van der Waals surface area contributed by atoms with Crippen LogP contribution in [0.2, 0.25) is 0 Å². The maximum absolute atomic E-state index is 13.5. The van der Waals surface area contributed by atoms with E-state index in [9.17, 15) is 9.59 Å². The maximum Gasteiger partial charge on any atom is 0.263 e. The summed E-state index contributed by atoms with van der Waals surface area (Å²) >= 11 is 4.69. The van der Waals surface area contributed by atoms with Gasteiger partial charge in [0.15, 0.2) is 5.16 Å². The Morgan fingerprint density at radius 2 is 2.03 bits per heavy atom. The van der Waals surface area contributed by atoms with Crippen LogP contribution in [0.15, 0.2) is 26.8 Å². The van der Waals surface area contributed by atoms with Crippen molar-refractivity contribution in [1.82, 2.24) is 14.5 Å². The van der Waals surface area contributed by atoms with Crippen molar-refractivity contribution < 1.29 is 4.79 Å². The van der Waals surface area contributed by atoms with E-state index in [4.69, 9.17) is 4.98 Å². The third kappa shape index (κ3) is 4.22. The second-order valence-electron chi connectivity index (χ2n) is 8.64. The molecule has 3 aromatic heterocycles. The molecule has 3 heterocycles. The number of amides is 1. The van der Waals surface area contributed by atoms with Gasteiger partial charge in [-0.25, -0.2) is 4.98 Å². The van der Waals surface area contributed by atoms with Gasteiger partial charge in [0, 0.05) is 23.5 Å². The Kier molecular flexibility index (Phi) is 5.96. The molecular formula is C23H27N3O2S3. The standard InChI is InChI=1S/C23H27N3O2S3/c1-14-15(2)31-21-20(14)22(28)26(18-5-3-4-6-18)23(24-21)30-13-19(27)25(17-7-8-17)11-16-9-10-29-12-16/h9-10,12,17-18H,3-8,11,13H2,1-2H3. The Morgan fingerprint density at radius 3 is 2.71 bits per heavy atom. The first-order valence-electron chi connectivity index (χ1n) is 11.0. The predicted molar refractivity (Wildman–Crippen MR) is 129 cm³/mol. The fourth-order valence-corrected chi connectivity index (χ4v) is 7.15. The summed E-state index contributed by atoms with van der Waals surface area (Å²) < 4.78 is 1.91. The molecule has 5 rings (SSSR count). The van der Waals surface area contributed by atoms with Crippen molar-refractivity contribution >= 4 is 50.6 Å². The minimum atomic E-state index is 0.0750. The van der Waals surface area contributed by atoms with Gasteiger partial charge in [0.1, 0.15) is 4.83 Å². The van der Waals surface area contributed by atoms with Crippen molar-refractivity contribution in [2.75, 3.05) is 5.75 Å². The molecule has 8 heteroatoms. The van der Waals surface area contributed by atoms with E-state index in [0.29, 0.717) is 23.5 Å². The summed E-state index contributed by atoms with van der Waals surface area (Å²) in [6.07, 6.45) is 6.51. The molecule has 0 radical (unpaired) electrons. The van der Waals surface area contributed by atoms with E-state index in [1.807, 2.05) is 16.4 Å². The van der Waals surface area contributed by atoms with E-state index < -0.39 is 0 Å². The molecule has 0 aromatic carbocycles. The molecule has 3 aromatic rings. The van der Waals surface area contributed by atoms with E-state index in [0.717, 1.165) is 59.2 Å². The first-order valence-corrected chi connectivity index (χ1v) is 13.7. The molecule has 2 fully saturated rings. The van der Waals surface area contributed by atoms with Crippen LogP contribution >= 0.6 is 34.4 Å². The van der Waals surface area contributed by atoms with Gasteiger partial charge in [-0.2, -0.15) is 11.3 Å². The zero-order valence-electron chi connectivity index (χ0n) is 17.9. The van der Waals surface area contributed by atoms with Crippen LogP contribution in [0, 0.1) is 13.8 Å². The van der Waals surface area contributed by atoms with Crippen LogP contribution < -0.4 is 5.56 Å². The average molecular weight is 474 g/mol. The van der Waals surface area contributed by atoms with Crippen LogP contribution in [0.3, 0.4) is 0 Å². The summed E-state index contributed by atoms with van der Waals surface area (Å²) in [5, 5.41) is 5.65. The van der Waals surface area contributed by atoms with Gasteiger partial charge < -0.3 is 4.90 Å². The lowest BCUT2D eigenvalue weighted by atomic mass is 10.2. The second-order valence-corrected chi connectivity index (χ2v) is 11.6. The molecule has 5 nitrogen and oxygen atoms in total. The number of hydrogen-bond acceptors (Lipinski definition) is 6. The molecule has 0 spiro atoms. The van der Waals surface area contributed by atoms with E-state index >= 15 is 0 Å². The van der Waals surface area contributed by atoms with Gasteiger partial charge in [-0.3, -0.25) is 14.2 Å². The minimum absolute atomic E-state index is 0.0750. The largest absolute Gasteiger partial charge is 0.335 e. The number of rotatable bonds is 7. The number of carbonyl (C=O) groups is 1. The van der Waals surface area contributed by atoms with Gasteiger partial charge in [0.2, 0.25) is 5.91 Å². The highest BCUT2D eigenvalue weighted by atomic mass is 32.2. The van der Waals surface area contributed by atoms with Crippen molar-refractivity contribution in [2.24, 2.45) is 0 Å². The summed E-state index contributed by atoms with van der Waals surface area (Å²) in [6, 6.07) is 2.66. The van der Waals surface area contributed by atoms with Crippen molar-refractivity contribution in [3.63, 3.8) is 0 Å². The number of thioether (sulfide) groups is 1. The van der Waals surface area contributed by atoms with E-state index in [1.54, 1.807) is 22.7 Å². The number of carbonyl (C=O) groups excluding carboxylic acids is 1. The number of nitrogens with zero attached hydrogens (tertiary/aromatic N) is 3. The summed E-state index contributed by atoms with van der Waals surface area (Å²) in [6.45, 7) is 4.75. The first kappa shape index (κ1) is 21.2. The molecule has 164 valence electrons. The Labute approximate surface area is 194 Å². The quantitative estimate of drug-likeness (QED) is 0.334. The molecule has 0 atom stereocenters. The third-order valence-corrected chi connectivity index (χ3v) is 9.23. The molecule has 2 aliphatic carbocycles. The lowest BCUT2D eigenvalue weighted by molar-refractivity contribution is -0.129. The van der Waals surface area contributed by atoms with Crippen LogP contribution in [0.5, 0.6) is 0 Å². The van der Waals surface area contributed by atoms with Crippen molar-refractivity contribution in [3.8, 4) is 0 Å². The molecule has 0 saturated heterocycles. The van der Waals surface area contributed by atoms with Crippen molar-refractivity contribution in [1.29, 1.82) is 0 Å². The Hall–Kier alpha value is -1.64. The van der Waals surface area contributed by atoms with Gasteiger partial charge in [-0.05, 0) is 67.5 Å². The van der Waals surface area contributed by atoms with Crippen molar-refractivity contribution in [3.05, 3.63) is 43.2 Å². The van der Waals surface area contributed by atoms with Gasteiger partial charge in [0.05, 0.1) is 11.1 Å². The van der Waals surface area contributed by atoms with Gasteiger partial charge in [-0.15, -0.1) is 11.3 Å². The normalized spacial score (nSPS) is 17.0. The highest BCUT2D eigenvalue weighted by Crippen LogP contribution is 2.35. The monoisotopic (exact) mass is 473 g/mol. The lowest BCUT2D eigenvalue weighted by Crippen LogP contribution is -2.34. The summed E-state index contributed by atoms with van der Waals surface area (Å²) in [7, 11) is 0. The van der Waals surface area contributed by atoms with E-state index in [2.05, 4.69) is 23.8 Å². The summed E-state index contributed by atoms with van der Waals surface area (Å²) in [5.74, 6) is 0.471. The Morgan fingerprint density at radius 1 is 1.26 bits per heavy atom. The third-order valence-electron chi connectivity index (χ3n) is 6.46. The second kappa shape index (κ2) is 8.71. The molecule has 2 saturated carbocycles. The molecule has 0 unspecified atom stereocenters. The SMILES string of the molecule is Cc1sc2nc(SCC(=O)N(Cc3ccsc3)C3CC3)n(C3CCCC3)c(=O)c2c1C.